The van der Waals surface area contributed by atoms with Crippen molar-refractivity contribution >= 4 is 34.6 Å². The van der Waals surface area contributed by atoms with E-state index in [1.165, 1.54) is 12.1 Å². The number of nitrogens with one attached hydrogen (secondary N) is 2. The second-order valence-corrected chi connectivity index (χ2v) is 10.5. The van der Waals surface area contributed by atoms with Gasteiger partial charge in [0.05, 0.1) is 17.8 Å². The summed E-state index contributed by atoms with van der Waals surface area (Å²) in [6.45, 7) is 10.7. The number of hydrogen-bond acceptors (Lipinski definition) is 3. The first-order chi connectivity index (χ1) is 14.7. The third-order valence-corrected chi connectivity index (χ3v) is 6.09. The lowest BCUT2D eigenvalue weighted by Gasteiger charge is -2.50. The number of piperidine rings is 1. The quantitative estimate of drug-likeness (QED) is 0.466. The van der Waals surface area contributed by atoms with Crippen LogP contribution >= 0.6 is 23.8 Å². The lowest BCUT2D eigenvalue weighted by atomic mass is 9.79. The van der Waals surface area contributed by atoms with Gasteiger partial charge in [0.1, 0.15) is 11.5 Å². The molecule has 0 bridgehead atoms. The first-order valence-electron chi connectivity index (χ1n) is 10.4. The number of halogens is 4. The van der Waals surface area contributed by atoms with Gasteiger partial charge in [-0.2, -0.15) is 13.2 Å². The maximum absolute atomic E-state index is 13.6. The molecule has 1 aromatic carbocycles. The molecular weight excluding hydrogens is 459 g/mol. The fourth-order valence-electron chi connectivity index (χ4n) is 4.64. The number of nitrogens with zero attached hydrogens (tertiary/aromatic N) is 1. The summed E-state index contributed by atoms with van der Waals surface area (Å²) in [7, 11) is 0. The van der Waals surface area contributed by atoms with Crippen LogP contribution in [0.1, 0.15) is 57.6 Å². The van der Waals surface area contributed by atoms with E-state index in [2.05, 4.69) is 38.3 Å². The molecule has 0 amide bonds. The Morgan fingerprint density at radius 3 is 2.34 bits per heavy atom. The highest BCUT2D eigenvalue weighted by atomic mass is 35.5. The molecule has 0 atom stereocenters. The van der Waals surface area contributed by atoms with Crippen molar-refractivity contribution in [2.45, 2.75) is 77.3 Å². The average Bonchev–Trinajstić information content (AvgIpc) is 3.02. The summed E-state index contributed by atoms with van der Waals surface area (Å²) >= 11 is 11.5. The van der Waals surface area contributed by atoms with E-state index in [0.717, 1.165) is 24.7 Å². The number of alkyl halides is 3. The number of furan rings is 1. The van der Waals surface area contributed by atoms with Crippen molar-refractivity contribution in [3.63, 3.8) is 0 Å². The predicted octanol–water partition coefficient (Wildman–Crippen LogP) is 6.77. The van der Waals surface area contributed by atoms with Crippen LogP contribution in [-0.4, -0.2) is 27.1 Å². The highest BCUT2D eigenvalue weighted by Crippen LogP contribution is 2.37. The molecular formula is C23H29ClF3N3OS. The molecule has 176 valence electrons. The zero-order valence-corrected chi connectivity index (χ0v) is 20.4. The van der Waals surface area contributed by atoms with Crippen molar-refractivity contribution in [3.05, 3.63) is 52.4 Å². The molecule has 32 heavy (non-hydrogen) atoms. The molecule has 2 aromatic rings. The molecule has 0 saturated carbocycles. The Morgan fingerprint density at radius 1 is 1.19 bits per heavy atom. The van der Waals surface area contributed by atoms with E-state index >= 15 is 0 Å². The molecule has 9 heteroatoms. The summed E-state index contributed by atoms with van der Waals surface area (Å²) in [5.74, 6) is 1.47. The summed E-state index contributed by atoms with van der Waals surface area (Å²) in [6.07, 6.45) is -3.03. The Morgan fingerprint density at radius 2 is 1.81 bits per heavy atom. The fraction of sp³-hybridized carbons (Fsp3) is 0.522. The maximum Gasteiger partial charge on any atom is 0.418 e. The van der Waals surface area contributed by atoms with Gasteiger partial charge in [-0.15, -0.1) is 0 Å². The van der Waals surface area contributed by atoms with E-state index in [9.17, 15) is 13.2 Å². The molecule has 0 spiro atoms. The Labute approximate surface area is 197 Å². The van der Waals surface area contributed by atoms with Crippen LogP contribution in [0, 0.1) is 6.92 Å². The Balaban J connectivity index is 1.94. The van der Waals surface area contributed by atoms with Gasteiger partial charge in [-0.05, 0) is 90.0 Å². The molecule has 0 aliphatic carbocycles. The average molecular weight is 488 g/mol. The topological polar surface area (TPSA) is 40.4 Å². The van der Waals surface area contributed by atoms with Gasteiger partial charge in [0, 0.05) is 22.1 Å². The van der Waals surface area contributed by atoms with Gasteiger partial charge in [-0.25, -0.2) is 0 Å². The molecule has 1 saturated heterocycles. The van der Waals surface area contributed by atoms with Crippen LogP contribution in [0.3, 0.4) is 0 Å². The summed E-state index contributed by atoms with van der Waals surface area (Å²) in [5, 5.41) is 6.70. The van der Waals surface area contributed by atoms with Crippen molar-refractivity contribution in [2.24, 2.45) is 0 Å². The number of hydrogen-bond donors (Lipinski definition) is 2. The van der Waals surface area contributed by atoms with Gasteiger partial charge in [-0.3, -0.25) is 0 Å². The molecule has 0 radical (unpaired) electrons. The second-order valence-electron chi connectivity index (χ2n) is 9.71. The van der Waals surface area contributed by atoms with E-state index in [1.54, 1.807) is 0 Å². The lowest BCUT2D eigenvalue weighted by molar-refractivity contribution is -0.136. The van der Waals surface area contributed by atoms with E-state index < -0.39 is 11.7 Å². The first-order valence-corrected chi connectivity index (χ1v) is 11.2. The number of benzene rings is 1. The largest absolute Gasteiger partial charge is 0.464 e. The molecule has 4 nitrogen and oxygen atoms in total. The number of aryl methyl sites for hydroxylation is 1. The number of thiocarbonyl (C=S) groups is 1. The van der Waals surface area contributed by atoms with Crippen LogP contribution in [0.2, 0.25) is 5.02 Å². The third-order valence-electron chi connectivity index (χ3n) is 5.52. The van der Waals surface area contributed by atoms with Crippen LogP contribution < -0.4 is 10.6 Å². The minimum Gasteiger partial charge on any atom is -0.464 e. The fourth-order valence-corrected chi connectivity index (χ4v) is 5.14. The van der Waals surface area contributed by atoms with Crippen molar-refractivity contribution < 1.29 is 17.6 Å². The predicted molar refractivity (Wildman–Crippen MR) is 126 cm³/mol. The molecule has 3 rings (SSSR count). The first kappa shape index (κ1) is 24.9. The van der Waals surface area contributed by atoms with Crippen LogP contribution in [0.4, 0.5) is 18.9 Å². The number of anilines is 1. The molecule has 1 aromatic heterocycles. The van der Waals surface area contributed by atoms with Crippen molar-refractivity contribution in [2.75, 3.05) is 5.32 Å². The van der Waals surface area contributed by atoms with E-state index in [-0.39, 0.29) is 32.9 Å². The molecule has 2 heterocycles. The molecule has 1 fully saturated rings. The minimum atomic E-state index is -4.56. The van der Waals surface area contributed by atoms with E-state index in [4.69, 9.17) is 28.2 Å². The van der Waals surface area contributed by atoms with Gasteiger partial charge in [0.25, 0.3) is 0 Å². The van der Waals surface area contributed by atoms with Crippen LogP contribution in [0.15, 0.2) is 34.7 Å². The summed E-state index contributed by atoms with van der Waals surface area (Å²) in [4.78, 5) is 1.94. The molecule has 1 aliphatic heterocycles. The summed E-state index contributed by atoms with van der Waals surface area (Å²) in [6, 6.07) is 7.35. The van der Waals surface area contributed by atoms with Gasteiger partial charge in [0.15, 0.2) is 5.11 Å². The third kappa shape index (κ3) is 6.17. The number of rotatable bonds is 4. The molecule has 1 aliphatic rings. The van der Waals surface area contributed by atoms with E-state index in [1.807, 2.05) is 24.0 Å². The maximum atomic E-state index is 13.6. The second kappa shape index (κ2) is 8.88. The van der Waals surface area contributed by atoms with Crippen LogP contribution in [0.5, 0.6) is 0 Å². The zero-order valence-electron chi connectivity index (χ0n) is 18.9. The highest BCUT2D eigenvalue weighted by molar-refractivity contribution is 7.80. The van der Waals surface area contributed by atoms with Crippen LogP contribution in [0.25, 0.3) is 0 Å². The van der Waals surface area contributed by atoms with Crippen molar-refractivity contribution in [1.82, 2.24) is 10.2 Å². The van der Waals surface area contributed by atoms with Gasteiger partial charge in [-0.1, -0.05) is 11.6 Å². The van der Waals surface area contributed by atoms with Crippen molar-refractivity contribution in [1.29, 1.82) is 0 Å². The van der Waals surface area contributed by atoms with E-state index in [0.29, 0.717) is 12.3 Å². The van der Waals surface area contributed by atoms with Gasteiger partial charge >= 0.3 is 6.18 Å². The monoisotopic (exact) mass is 487 g/mol. The zero-order chi connectivity index (χ0) is 23.9. The molecule has 0 unspecified atom stereocenters. The normalized spacial score (nSPS) is 18.4. The lowest BCUT2D eigenvalue weighted by Crippen LogP contribution is -2.63. The standard InChI is InChI=1S/C23H29ClF3N3OS/c1-14-6-8-17(31-14)13-30(16-11-21(2,3)29-22(4,5)12-16)20(32)28-19-9-7-15(24)10-18(19)23(25,26)27/h6-10,16,29H,11-13H2,1-5H3,(H,28,32). The van der Waals surface area contributed by atoms with Crippen molar-refractivity contribution in [3.8, 4) is 0 Å². The van der Waals surface area contributed by atoms with Crippen LogP contribution in [-0.2, 0) is 12.7 Å². The smallest absolute Gasteiger partial charge is 0.418 e. The highest BCUT2D eigenvalue weighted by Gasteiger charge is 2.41. The van der Waals surface area contributed by atoms with Gasteiger partial charge in [0.2, 0.25) is 0 Å². The molecule has 2 N–H and O–H groups in total. The Bertz CT molecular complexity index is 971. The SMILES string of the molecule is Cc1ccc(CN(C(=S)Nc2ccc(Cl)cc2C(F)(F)F)C2CC(C)(C)NC(C)(C)C2)o1. The minimum absolute atomic E-state index is 0.00621. The Hall–Kier alpha value is -1.77. The summed E-state index contributed by atoms with van der Waals surface area (Å²) < 4.78 is 46.6. The summed E-state index contributed by atoms with van der Waals surface area (Å²) in [5.41, 5.74) is -1.32. The Kier molecular flexibility index (Phi) is 6.90. The van der Waals surface area contributed by atoms with Gasteiger partial charge < -0.3 is 20.0 Å².